The first-order valence-corrected chi connectivity index (χ1v) is 8.51. The Kier molecular flexibility index (Phi) is 8.55. The van der Waals surface area contributed by atoms with E-state index < -0.39 is 0 Å². The second-order valence-electron chi connectivity index (χ2n) is 6.47. The van der Waals surface area contributed by atoms with Crippen molar-refractivity contribution in [3.63, 3.8) is 0 Å². The summed E-state index contributed by atoms with van der Waals surface area (Å²) in [5.74, 6) is -0.0625. The minimum Gasteiger partial charge on any atom is -0.512 e. The summed E-state index contributed by atoms with van der Waals surface area (Å²) in [6.07, 6.45) is 3.11. The number of carbonyl (C=O) groups is 1. The molecule has 2 aromatic carbocycles. The van der Waals surface area contributed by atoms with Gasteiger partial charge in [-0.15, -0.1) is 34.9 Å². The number of fused-ring (bicyclic) bond motifs is 1. The molecule has 0 aliphatic heterocycles. The Morgan fingerprint density at radius 2 is 1.78 bits per heavy atom. The number of aliphatic hydroxyl groups is 1. The van der Waals surface area contributed by atoms with Crippen molar-refractivity contribution < 1.29 is 30.0 Å². The molecule has 0 amide bonds. The smallest absolute Gasteiger partial charge is 0.155 e. The number of pyridine rings is 1. The molecule has 0 fully saturated rings. The fourth-order valence-corrected chi connectivity index (χ4v) is 2.90. The molecule has 0 saturated carbocycles. The number of hydrogen-bond acceptors (Lipinski definition) is 3. The van der Waals surface area contributed by atoms with Gasteiger partial charge in [-0.25, -0.2) is 0 Å². The van der Waals surface area contributed by atoms with Crippen LogP contribution in [-0.4, -0.2) is 15.9 Å². The van der Waals surface area contributed by atoms with Crippen molar-refractivity contribution in [3.05, 3.63) is 77.2 Å². The van der Waals surface area contributed by atoms with Crippen molar-refractivity contribution in [2.45, 2.75) is 34.6 Å². The Hall–Kier alpha value is -2.29. The molecule has 143 valence electrons. The van der Waals surface area contributed by atoms with Crippen molar-refractivity contribution in [3.8, 4) is 11.3 Å². The number of allylic oxidation sites excluding steroid dienone is 2. The van der Waals surface area contributed by atoms with Crippen LogP contribution in [0, 0.1) is 26.8 Å². The topological polar surface area (TPSA) is 50.2 Å². The first-order valence-electron chi connectivity index (χ1n) is 8.51. The fraction of sp³-hybridized carbons (Fsp3) is 0.217. The van der Waals surface area contributed by atoms with Crippen molar-refractivity contribution in [1.82, 2.24) is 4.98 Å². The Morgan fingerprint density at radius 3 is 2.33 bits per heavy atom. The van der Waals surface area contributed by atoms with Crippen LogP contribution in [0.4, 0.5) is 0 Å². The molecule has 3 rings (SSSR count). The summed E-state index contributed by atoms with van der Waals surface area (Å²) in [6.45, 7) is 9.17. The monoisotopic (exact) mass is 539 g/mol. The van der Waals surface area contributed by atoms with Crippen LogP contribution in [0.1, 0.15) is 30.5 Å². The number of aliphatic hydroxyl groups excluding tert-OH is 1. The van der Waals surface area contributed by atoms with Crippen molar-refractivity contribution in [2.24, 2.45) is 0 Å². The van der Waals surface area contributed by atoms with Crippen LogP contribution < -0.4 is 0 Å². The van der Waals surface area contributed by atoms with Gasteiger partial charge in [-0.3, -0.25) is 4.79 Å². The molecule has 0 unspecified atom stereocenters. The number of aromatic nitrogens is 1. The molecule has 0 atom stereocenters. The Balaban J connectivity index is 0.000000395. The molecule has 1 N–H and O–H groups in total. The van der Waals surface area contributed by atoms with Crippen LogP contribution in [0.2, 0.25) is 0 Å². The summed E-state index contributed by atoms with van der Waals surface area (Å²) in [5.41, 5.74) is 5.75. The van der Waals surface area contributed by atoms with Gasteiger partial charge in [0.15, 0.2) is 5.78 Å². The van der Waals surface area contributed by atoms with E-state index in [1.165, 1.54) is 41.8 Å². The summed E-state index contributed by atoms with van der Waals surface area (Å²) >= 11 is 0. The van der Waals surface area contributed by atoms with E-state index >= 15 is 0 Å². The van der Waals surface area contributed by atoms with Crippen molar-refractivity contribution in [2.75, 3.05) is 0 Å². The molecule has 1 aromatic heterocycles. The maximum Gasteiger partial charge on any atom is 0.155 e. The predicted octanol–water partition coefficient (Wildman–Crippen LogP) is 5.66. The normalized spacial score (nSPS) is 10.6. The summed E-state index contributed by atoms with van der Waals surface area (Å²) in [6, 6.07) is 16.1. The van der Waals surface area contributed by atoms with E-state index in [0.717, 1.165) is 16.8 Å². The van der Waals surface area contributed by atoms with Crippen molar-refractivity contribution in [1.29, 1.82) is 0 Å². The van der Waals surface area contributed by atoms with Crippen molar-refractivity contribution >= 4 is 16.6 Å². The second-order valence-corrected chi connectivity index (χ2v) is 6.47. The summed E-state index contributed by atoms with van der Waals surface area (Å²) in [4.78, 5) is 14.6. The van der Waals surface area contributed by atoms with Crippen LogP contribution >= 0.6 is 0 Å². The number of nitrogens with zero attached hydrogens (tertiary/aromatic N) is 1. The molecular weight excluding hydrogens is 514 g/mol. The fourth-order valence-electron chi connectivity index (χ4n) is 2.90. The van der Waals surface area contributed by atoms with Gasteiger partial charge in [-0.1, -0.05) is 43.7 Å². The SMILES string of the molecule is CC(=O)C=C(C)O.Cc1[c-]c(-c2ncc3ccccc3c2C)cc(C)c1.[Ir]. The maximum absolute atomic E-state index is 10.0. The molecule has 1 heterocycles. The minimum absolute atomic E-state index is 0. The number of carbonyl (C=O) groups excluding carboxylic acids is 1. The quantitative estimate of drug-likeness (QED) is 0.260. The number of ketones is 1. The van der Waals surface area contributed by atoms with Crippen LogP contribution in [0.3, 0.4) is 0 Å². The average Bonchev–Trinajstić information content (AvgIpc) is 2.54. The van der Waals surface area contributed by atoms with Gasteiger partial charge in [0.1, 0.15) is 0 Å². The van der Waals surface area contributed by atoms with Gasteiger partial charge >= 0.3 is 0 Å². The zero-order valence-corrected chi connectivity index (χ0v) is 18.6. The van der Waals surface area contributed by atoms with Crippen LogP contribution in [0.15, 0.2) is 54.4 Å². The van der Waals surface area contributed by atoms with Gasteiger partial charge in [0.05, 0.1) is 5.76 Å². The average molecular weight is 539 g/mol. The van der Waals surface area contributed by atoms with Gasteiger partial charge < -0.3 is 10.1 Å². The first kappa shape index (κ1) is 22.7. The van der Waals surface area contributed by atoms with E-state index in [-0.39, 0.29) is 31.6 Å². The Labute approximate surface area is 174 Å². The number of hydrogen-bond donors (Lipinski definition) is 1. The van der Waals surface area contributed by atoms with E-state index in [9.17, 15) is 4.79 Å². The van der Waals surface area contributed by atoms with Gasteiger partial charge in [0.2, 0.25) is 0 Å². The van der Waals surface area contributed by atoms with Crippen LogP contribution in [-0.2, 0) is 24.9 Å². The molecule has 0 aliphatic rings. The summed E-state index contributed by atoms with van der Waals surface area (Å²) in [7, 11) is 0. The third-order valence-corrected chi connectivity index (χ3v) is 3.87. The standard InChI is InChI=1S/C18H16N.C5H8O2.Ir/c1-12-8-13(2)10-16(9-12)18-14(3)17-7-5-4-6-15(17)11-19-18;1-4(6)3-5(2)7;/h4-9,11H,1-3H3;3,6H,1-2H3;/q-1;;. The molecule has 4 heteroatoms. The van der Waals surface area contributed by atoms with Gasteiger partial charge in [0, 0.05) is 32.4 Å². The number of rotatable bonds is 2. The van der Waals surface area contributed by atoms with E-state index in [0.29, 0.717) is 0 Å². The zero-order valence-electron chi connectivity index (χ0n) is 16.3. The summed E-state index contributed by atoms with van der Waals surface area (Å²) < 4.78 is 0. The predicted molar refractivity (Wildman–Crippen MR) is 107 cm³/mol. The molecule has 3 aromatic rings. The van der Waals surface area contributed by atoms with Gasteiger partial charge in [-0.2, -0.15) is 0 Å². The first-order chi connectivity index (χ1) is 12.3. The minimum atomic E-state index is -0.125. The Bertz CT molecular complexity index is 953. The largest absolute Gasteiger partial charge is 0.512 e. The van der Waals surface area contributed by atoms with E-state index in [1.807, 2.05) is 12.3 Å². The van der Waals surface area contributed by atoms with Crippen LogP contribution in [0.25, 0.3) is 22.0 Å². The van der Waals surface area contributed by atoms with Gasteiger partial charge in [-0.05, 0) is 37.2 Å². The summed E-state index contributed by atoms with van der Waals surface area (Å²) in [5, 5.41) is 10.8. The third kappa shape index (κ3) is 6.42. The molecule has 0 spiro atoms. The van der Waals surface area contributed by atoms with E-state index in [1.54, 1.807) is 0 Å². The molecule has 0 aliphatic carbocycles. The molecule has 0 saturated heterocycles. The molecule has 1 radical (unpaired) electrons. The maximum atomic E-state index is 10.0. The number of aryl methyl sites for hydroxylation is 3. The second kappa shape index (κ2) is 10.1. The number of benzene rings is 2. The third-order valence-electron chi connectivity index (χ3n) is 3.87. The van der Waals surface area contributed by atoms with Crippen LogP contribution in [0.5, 0.6) is 0 Å². The zero-order chi connectivity index (χ0) is 19.3. The molecule has 3 nitrogen and oxygen atoms in total. The van der Waals surface area contributed by atoms with E-state index in [2.05, 4.69) is 62.2 Å². The van der Waals surface area contributed by atoms with E-state index in [4.69, 9.17) is 5.11 Å². The molecule has 27 heavy (non-hydrogen) atoms. The molecular formula is C23H24IrNO2-. The Morgan fingerprint density at radius 1 is 1.11 bits per heavy atom. The van der Waals surface area contributed by atoms with Gasteiger partial charge in [0.25, 0.3) is 0 Å². The molecule has 0 bridgehead atoms.